The average Bonchev–Trinajstić information content (AvgIpc) is 2.32. The highest BCUT2D eigenvalue weighted by Crippen LogP contribution is 1.96. The van der Waals surface area contributed by atoms with Crippen LogP contribution in [0.1, 0.15) is 11.3 Å². The quantitative estimate of drug-likeness (QED) is 0.723. The van der Waals surface area contributed by atoms with E-state index < -0.39 is 0 Å². The highest BCUT2D eigenvalue weighted by Gasteiger charge is 1.96. The van der Waals surface area contributed by atoms with Crippen LogP contribution in [0, 0.1) is 0 Å². The Bertz CT molecular complexity index is 350. The van der Waals surface area contributed by atoms with Crippen LogP contribution in [-0.2, 0) is 13.1 Å². The van der Waals surface area contributed by atoms with Crippen molar-refractivity contribution >= 4 is 0 Å². The molecule has 0 unspecified atom stereocenters. The number of nitrogens with zero attached hydrogens (tertiary/aromatic N) is 5. The van der Waals surface area contributed by atoms with Crippen LogP contribution in [0.2, 0.25) is 0 Å². The van der Waals surface area contributed by atoms with E-state index in [-0.39, 0.29) is 0 Å². The van der Waals surface area contributed by atoms with Gasteiger partial charge in [0.1, 0.15) is 0 Å². The molecule has 2 aromatic rings. The highest BCUT2D eigenvalue weighted by atomic mass is 15.1. The van der Waals surface area contributed by atoms with E-state index in [0.717, 1.165) is 11.3 Å². The molecule has 0 bridgehead atoms. The molecular formula is C10H10N5. The first-order valence-corrected chi connectivity index (χ1v) is 4.59. The molecule has 0 spiro atoms. The standard InChI is InChI=1S/C10H10N5/c1-2-14-15-6-9(1)5-12-8-10-7-11-3-4-13-10/h1-4,6-7H,5,8H2. The Morgan fingerprint density at radius 2 is 2.00 bits per heavy atom. The van der Waals surface area contributed by atoms with Crippen molar-refractivity contribution in [3.05, 3.63) is 48.3 Å². The molecule has 75 valence electrons. The maximum Gasteiger partial charge on any atom is 0.0741 e. The number of aromatic nitrogens is 4. The van der Waals surface area contributed by atoms with Crippen LogP contribution in [0.25, 0.3) is 0 Å². The summed E-state index contributed by atoms with van der Waals surface area (Å²) in [6.45, 7) is 1.21. The molecule has 0 aliphatic heterocycles. The van der Waals surface area contributed by atoms with Gasteiger partial charge in [0.25, 0.3) is 0 Å². The van der Waals surface area contributed by atoms with Gasteiger partial charge in [-0.15, -0.1) is 0 Å². The normalized spacial score (nSPS) is 10.1. The monoisotopic (exact) mass is 200 g/mol. The molecule has 5 heteroatoms. The van der Waals surface area contributed by atoms with E-state index in [9.17, 15) is 0 Å². The van der Waals surface area contributed by atoms with Crippen molar-refractivity contribution in [2.24, 2.45) is 0 Å². The second kappa shape index (κ2) is 5.11. The molecule has 0 aromatic carbocycles. The Labute approximate surface area is 87.6 Å². The van der Waals surface area contributed by atoms with Crippen LogP contribution in [-0.4, -0.2) is 20.2 Å². The van der Waals surface area contributed by atoms with E-state index in [1.165, 1.54) is 0 Å². The van der Waals surface area contributed by atoms with Crippen LogP contribution in [0.5, 0.6) is 0 Å². The molecule has 0 fully saturated rings. The van der Waals surface area contributed by atoms with Crippen molar-refractivity contribution in [1.82, 2.24) is 25.5 Å². The van der Waals surface area contributed by atoms with Gasteiger partial charge in [0, 0.05) is 31.3 Å². The van der Waals surface area contributed by atoms with Crippen LogP contribution < -0.4 is 5.32 Å². The lowest BCUT2D eigenvalue weighted by Gasteiger charge is -2.00. The fraction of sp³-hybridized carbons (Fsp3) is 0.200. The minimum absolute atomic E-state index is 0.580. The second-order valence-corrected chi connectivity index (χ2v) is 2.99. The van der Waals surface area contributed by atoms with Crippen LogP contribution in [0.4, 0.5) is 0 Å². The van der Waals surface area contributed by atoms with Crippen LogP contribution in [0.15, 0.2) is 37.1 Å². The number of hydrogen-bond acceptors (Lipinski definition) is 4. The predicted molar refractivity (Wildman–Crippen MR) is 53.6 cm³/mol. The summed E-state index contributed by atoms with van der Waals surface area (Å²) in [5.41, 5.74) is 1.92. The molecule has 0 aliphatic rings. The van der Waals surface area contributed by atoms with Crippen molar-refractivity contribution < 1.29 is 0 Å². The molecule has 0 saturated heterocycles. The van der Waals surface area contributed by atoms with Gasteiger partial charge in [-0.05, 0) is 11.6 Å². The van der Waals surface area contributed by atoms with E-state index in [1.807, 2.05) is 6.07 Å². The summed E-state index contributed by atoms with van der Waals surface area (Å²) in [5, 5.41) is 11.8. The lowest BCUT2D eigenvalue weighted by molar-refractivity contribution is 0.657. The third kappa shape index (κ3) is 3.07. The molecular weight excluding hydrogens is 190 g/mol. The van der Waals surface area contributed by atoms with Crippen LogP contribution in [0.3, 0.4) is 0 Å². The molecule has 2 aromatic heterocycles. The van der Waals surface area contributed by atoms with E-state index in [4.69, 9.17) is 0 Å². The lowest BCUT2D eigenvalue weighted by Crippen LogP contribution is -2.06. The second-order valence-electron chi connectivity index (χ2n) is 2.99. The molecule has 15 heavy (non-hydrogen) atoms. The minimum atomic E-state index is 0.580. The summed E-state index contributed by atoms with van der Waals surface area (Å²) in [7, 11) is 0. The van der Waals surface area contributed by atoms with Gasteiger partial charge in [-0.3, -0.25) is 9.97 Å². The number of rotatable bonds is 4. The number of hydrogen-bond donors (Lipinski definition) is 0. The van der Waals surface area contributed by atoms with Gasteiger partial charge < -0.3 is 0 Å². The molecule has 0 amide bonds. The Hall–Kier alpha value is -1.88. The predicted octanol–water partition coefficient (Wildman–Crippen LogP) is 0.571. The van der Waals surface area contributed by atoms with Crippen molar-refractivity contribution in [3.63, 3.8) is 0 Å². The molecule has 0 N–H and O–H groups in total. The summed E-state index contributed by atoms with van der Waals surface area (Å²) < 4.78 is 0. The molecule has 2 rings (SSSR count). The first kappa shape index (κ1) is 9.67. The van der Waals surface area contributed by atoms with Gasteiger partial charge >= 0.3 is 0 Å². The Morgan fingerprint density at radius 3 is 2.73 bits per heavy atom. The SMILES string of the molecule is c1cnc(C[N]Cc2ccnnc2)cn1. The highest BCUT2D eigenvalue weighted by molar-refractivity contribution is 5.04. The van der Waals surface area contributed by atoms with Crippen molar-refractivity contribution in [3.8, 4) is 0 Å². The minimum Gasteiger partial charge on any atom is -0.261 e. The zero-order chi connectivity index (χ0) is 10.3. The summed E-state index contributed by atoms with van der Waals surface area (Å²) in [5.74, 6) is 0. The fourth-order valence-corrected chi connectivity index (χ4v) is 1.12. The summed E-state index contributed by atoms with van der Waals surface area (Å²) in [4.78, 5) is 8.09. The van der Waals surface area contributed by atoms with E-state index >= 15 is 0 Å². The molecule has 0 atom stereocenters. The van der Waals surface area contributed by atoms with Crippen molar-refractivity contribution in [2.45, 2.75) is 13.1 Å². The summed E-state index contributed by atoms with van der Waals surface area (Å²) in [6, 6.07) is 1.90. The van der Waals surface area contributed by atoms with Gasteiger partial charge in [-0.2, -0.15) is 10.2 Å². The van der Waals surface area contributed by atoms with Gasteiger partial charge in [0.2, 0.25) is 0 Å². The Kier molecular flexibility index (Phi) is 3.30. The largest absolute Gasteiger partial charge is 0.261 e. The molecule has 5 nitrogen and oxygen atoms in total. The third-order valence-corrected chi connectivity index (χ3v) is 1.83. The zero-order valence-corrected chi connectivity index (χ0v) is 8.11. The van der Waals surface area contributed by atoms with E-state index in [1.54, 1.807) is 31.0 Å². The molecule has 0 aliphatic carbocycles. The van der Waals surface area contributed by atoms with Gasteiger partial charge in [0.05, 0.1) is 18.4 Å². The zero-order valence-electron chi connectivity index (χ0n) is 8.11. The van der Waals surface area contributed by atoms with Gasteiger partial charge in [-0.1, -0.05) is 0 Å². The first-order valence-electron chi connectivity index (χ1n) is 4.59. The smallest absolute Gasteiger partial charge is 0.0741 e. The summed E-state index contributed by atoms with van der Waals surface area (Å²) in [6.07, 6.45) is 8.40. The topological polar surface area (TPSA) is 65.7 Å². The van der Waals surface area contributed by atoms with Crippen molar-refractivity contribution in [2.75, 3.05) is 0 Å². The summed E-state index contributed by atoms with van der Waals surface area (Å²) >= 11 is 0. The maximum atomic E-state index is 4.34. The fourth-order valence-electron chi connectivity index (χ4n) is 1.12. The first-order chi connectivity index (χ1) is 7.45. The Morgan fingerprint density at radius 1 is 1.00 bits per heavy atom. The molecule has 1 radical (unpaired) electrons. The van der Waals surface area contributed by atoms with Crippen molar-refractivity contribution in [1.29, 1.82) is 0 Å². The van der Waals surface area contributed by atoms with Gasteiger partial charge in [-0.25, -0.2) is 5.32 Å². The molecule has 2 heterocycles. The maximum absolute atomic E-state index is 4.34. The average molecular weight is 200 g/mol. The van der Waals surface area contributed by atoms with E-state index in [0.29, 0.717) is 13.1 Å². The lowest BCUT2D eigenvalue weighted by atomic mass is 10.3. The molecule has 0 saturated carbocycles. The van der Waals surface area contributed by atoms with Crippen LogP contribution >= 0.6 is 0 Å². The van der Waals surface area contributed by atoms with Gasteiger partial charge in [0.15, 0.2) is 0 Å². The third-order valence-electron chi connectivity index (χ3n) is 1.83. The Balaban J connectivity index is 1.81. The van der Waals surface area contributed by atoms with E-state index in [2.05, 4.69) is 25.5 Å².